The SMILES string of the molecule is NCCC1(c2cccc([N+](=O)[O-])c2F)CC1. The van der Waals surface area contributed by atoms with E-state index in [1.54, 1.807) is 6.07 Å². The van der Waals surface area contributed by atoms with Crippen molar-refractivity contribution in [3.63, 3.8) is 0 Å². The first-order valence-electron chi connectivity index (χ1n) is 5.24. The van der Waals surface area contributed by atoms with Gasteiger partial charge in [0.05, 0.1) is 4.92 Å². The van der Waals surface area contributed by atoms with Gasteiger partial charge in [0.25, 0.3) is 0 Å². The Morgan fingerprint density at radius 3 is 2.69 bits per heavy atom. The van der Waals surface area contributed by atoms with E-state index in [1.807, 2.05) is 0 Å². The average Bonchev–Trinajstić information content (AvgIpc) is 2.99. The van der Waals surface area contributed by atoms with Crippen molar-refractivity contribution in [2.75, 3.05) is 6.54 Å². The summed E-state index contributed by atoms with van der Waals surface area (Å²) < 4.78 is 13.9. The highest BCUT2D eigenvalue weighted by Gasteiger charge is 2.46. The van der Waals surface area contributed by atoms with Gasteiger partial charge in [-0.15, -0.1) is 0 Å². The summed E-state index contributed by atoms with van der Waals surface area (Å²) >= 11 is 0. The largest absolute Gasteiger partial charge is 0.330 e. The third-order valence-electron chi connectivity index (χ3n) is 3.22. The van der Waals surface area contributed by atoms with E-state index in [0.717, 1.165) is 12.8 Å². The summed E-state index contributed by atoms with van der Waals surface area (Å²) in [6.07, 6.45) is 2.41. The molecule has 1 aliphatic rings. The summed E-state index contributed by atoms with van der Waals surface area (Å²) in [5.41, 5.74) is 5.25. The van der Waals surface area contributed by atoms with Gasteiger partial charge in [0, 0.05) is 11.6 Å². The first-order chi connectivity index (χ1) is 7.60. The van der Waals surface area contributed by atoms with Gasteiger partial charge >= 0.3 is 5.69 Å². The zero-order valence-electron chi connectivity index (χ0n) is 8.78. The minimum absolute atomic E-state index is 0.245. The molecular weight excluding hydrogens is 211 g/mol. The molecule has 0 bridgehead atoms. The Morgan fingerprint density at radius 2 is 2.19 bits per heavy atom. The van der Waals surface area contributed by atoms with E-state index in [4.69, 9.17) is 5.73 Å². The van der Waals surface area contributed by atoms with E-state index in [-0.39, 0.29) is 5.41 Å². The minimum Gasteiger partial charge on any atom is -0.330 e. The van der Waals surface area contributed by atoms with Crippen molar-refractivity contribution < 1.29 is 9.31 Å². The lowest BCUT2D eigenvalue weighted by Gasteiger charge is -2.14. The van der Waals surface area contributed by atoms with Gasteiger partial charge in [0.1, 0.15) is 0 Å². The van der Waals surface area contributed by atoms with Crippen LogP contribution in [-0.2, 0) is 5.41 Å². The molecule has 0 radical (unpaired) electrons. The Bertz CT molecular complexity index is 430. The highest BCUT2D eigenvalue weighted by Crippen LogP contribution is 2.52. The molecule has 2 rings (SSSR count). The molecule has 0 saturated heterocycles. The van der Waals surface area contributed by atoms with Crippen molar-refractivity contribution in [2.24, 2.45) is 5.73 Å². The van der Waals surface area contributed by atoms with Crippen molar-refractivity contribution in [2.45, 2.75) is 24.7 Å². The van der Waals surface area contributed by atoms with E-state index < -0.39 is 16.4 Å². The first kappa shape index (κ1) is 11.0. The van der Waals surface area contributed by atoms with Crippen LogP contribution >= 0.6 is 0 Å². The zero-order chi connectivity index (χ0) is 11.8. The molecule has 16 heavy (non-hydrogen) atoms. The van der Waals surface area contributed by atoms with Gasteiger partial charge in [-0.25, -0.2) is 0 Å². The normalized spacial score (nSPS) is 17.1. The zero-order valence-corrected chi connectivity index (χ0v) is 8.78. The van der Waals surface area contributed by atoms with Gasteiger partial charge in [-0.05, 0) is 31.2 Å². The third-order valence-corrected chi connectivity index (χ3v) is 3.22. The average molecular weight is 224 g/mol. The van der Waals surface area contributed by atoms with Crippen molar-refractivity contribution in [1.82, 2.24) is 0 Å². The van der Waals surface area contributed by atoms with Gasteiger partial charge in [0.15, 0.2) is 0 Å². The molecule has 1 aromatic carbocycles. The van der Waals surface area contributed by atoms with Gasteiger partial charge in [0.2, 0.25) is 5.82 Å². The molecule has 4 nitrogen and oxygen atoms in total. The molecule has 0 aromatic heterocycles. The van der Waals surface area contributed by atoms with Crippen molar-refractivity contribution in [3.05, 3.63) is 39.7 Å². The number of halogens is 1. The predicted octanol–water partition coefficient (Wildman–Crippen LogP) is 2.11. The molecule has 0 heterocycles. The van der Waals surface area contributed by atoms with Gasteiger partial charge in [-0.3, -0.25) is 10.1 Å². The minimum atomic E-state index is -0.696. The highest BCUT2D eigenvalue weighted by molar-refractivity contribution is 5.43. The van der Waals surface area contributed by atoms with Gasteiger partial charge in [-0.2, -0.15) is 4.39 Å². The maximum absolute atomic E-state index is 13.9. The van der Waals surface area contributed by atoms with Crippen LogP contribution in [0.25, 0.3) is 0 Å². The molecule has 0 aliphatic heterocycles. The lowest BCUT2D eigenvalue weighted by atomic mass is 9.91. The highest BCUT2D eigenvalue weighted by atomic mass is 19.1. The topological polar surface area (TPSA) is 69.2 Å². The van der Waals surface area contributed by atoms with Gasteiger partial charge < -0.3 is 5.73 Å². The van der Waals surface area contributed by atoms with Crippen LogP contribution in [0.2, 0.25) is 0 Å². The van der Waals surface area contributed by atoms with Crippen LogP contribution in [0, 0.1) is 15.9 Å². The monoisotopic (exact) mass is 224 g/mol. The quantitative estimate of drug-likeness (QED) is 0.629. The standard InChI is InChI=1S/C11H13FN2O2/c12-10-8(11(4-5-11)6-7-13)2-1-3-9(10)14(15)16/h1-3H,4-7,13H2. The van der Waals surface area contributed by atoms with E-state index in [2.05, 4.69) is 0 Å². The van der Waals surface area contributed by atoms with Crippen LogP contribution in [0.15, 0.2) is 18.2 Å². The molecular formula is C11H13FN2O2. The summed E-state index contributed by atoms with van der Waals surface area (Å²) in [7, 11) is 0. The molecule has 0 amide bonds. The number of rotatable bonds is 4. The second-order valence-electron chi connectivity index (χ2n) is 4.21. The van der Waals surface area contributed by atoms with Crippen molar-refractivity contribution in [3.8, 4) is 0 Å². The van der Waals surface area contributed by atoms with Crippen molar-refractivity contribution >= 4 is 5.69 Å². The summed E-state index contributed by atoms with van der Waals surface area (Å²) in [5.74, 6) is -0.696. The van der Waals surface area contributed by atoms with Crippen LogP contribution in [0.5, 0.6) is 0 Å². The molecule has 0 atom stereocenters. The second kappa shape index (κ2) is 3.83. The summed E-state index contributed by atoms with van der Waals surface area (Å²) in [6.45, 7) is 0.474. The van der Waals surface area contributed by atoms with Crippen molar-refractivity contribution in [1.29, 1.82) is 0 Å². The summed E-state index contributed by atoms with van der Waals surface area (Å²) in [5, 5.41) is 10.6. The van der Waals surface area contributed by atoms with Crippen LogP contribution in [0.3, 0.4) is 0 Å². The molecule has 1 aromatic rings. The molecule has 0 spiro atoms. The number of hydrogen-bond donors (Lipinski definition) is 1. The molecule has 1 fully saturated rings. The lowest BCUT2D eigenvalue weighted by molar-refractivity contribution is -0.387. The number of benzene rings is 1. The Morgan fingerprint density at radius 1 is 1.50 bits per heavy atom. The molecule has 1 saturated carbocycles. The third kappa shape index (κ3) is 1.67. The summed E-state index contributed by atoms with van der Waals surface area (Å²) in [6, 6.07) is 4.36. The fourth-order valence-corrected chi connectivity index (χ4v) is 2.15. The van der Waals surface area contributed by atoms with E-state index in [9.17, 15) is 14.5 Å². The first-order valence-corrected chi connectivity index (χ1v) is 5.24. The Balaban J connectivity index is 2.42. The molecule has 5 heteroatoms. The second-order valence-corrected chi connectivity index (χ2v) is 4.21. The Labute approximate surface area is 92.4 Å². The lowest BCUT2D eigenvalue weighted by Crippen LogP contribution is -2.15. The van der Waals surface area contributed by atoms with Crippen LogP contribution in [0.1, 0.15) is 24.8 Å². The van der Waals surface area contributed by atoms with E-state index in [0.29, 0.717) is 18.5 Å². The van der Waals surface area contributed by atoms with Crippen LogP contribution in [0.4, 0.5) is 10.1 Å². The number of nitro benzene ring substituents is 1. The Hall–Kier alpha value is -1.49. The fourth-order valence-electron chi connectivity index (χ4n) is 2.15. The summed E-state index contributed by atoms with van der Waals surface area (Å²) in [4.78, 5) is 9.94. The number of nitrogens with two attached hydrogens (primary N) is 1. The molecule has 86 valence electrons. The Kier molecular flexibility index (Phi) is 2.63. The number of nitrogens with zero attached hydrogens (tertiary/aromatic N) is 1. The fraction of sp³-hybridized carbons (Fsp3) is 0.455. The van der Waals surface area contributed by atoms with Crippen LogP contribution < -0.4 is 5.73 Å². The smallest absolute Gasteiger partial charge is 0.305 e. The van der Waals surface area contributed by atoms with Crippen LogP contribution in [-0.4, -0.2) is 11.5 Å². The number of nitro groups is 1. The number of hydrogen-bond acceptors (Lipinski definition) is 3. The maximum atomic E-state index is 13.9. The molecule has 1 aliphatic carbocycles. The van der Waals surface area contributed by atoms with E-state index in [1.165, 1.54) is 12.1 Å². The molecule has 2 N–H and O–H groups in total. The molecule has 0 unspecified atom stereocenters. The van der Waals surface area contributed by atoms with E-state index >= 15 is 0 Å². The van der Waals surface area contributed by atoms with Gasteiger partial charge in [-0.1, -0.05) is 12.1 Å². The maximum Gasteiger partial charge on any atom is 0.305 e. The predicted molar refractivity (Wildman–Crippen MR) is 57.6 cm³/mol.